The molecule has 2 heterocycles. The summed E-state index contributed by atoms with van der Waals surface area (Å²) in [4.78, 5) is 13.6. The predicted molar refractivity (Wildman–Crippen MR) is 86.9 cm³/mol. The van der Waals surface area contributed by atoms with Gasteiger partial charge in [-0.1, -0.05) is 17.7 Å². The zero-order chi connectivity index (χ0) is 16.4. The second-order valence-electron chi connectivity index (χ2n) is 5.71. The van der Waals surface area contributed by atoms with Gasteiger partial charge in [-0.3, -0.25) is 0 Å². The monoisotopic (exact) mass is 334 g/mol. The molecule has 1 aliphatic rings. The fraction of sp³-hybridized carbons (Fsp3) is 0.312. The van der Waals surface area contributed by atoms with Gasteiger partial charge in [-0.15, -0.1) is 0 Å². The van der Waals surface area contributed by atoms with Gasteiger partial charge in [0.25, 0.3) is 0 Å². The average molecular weight is 334 g/mol. The van der Waals surface area contributed by atoms with Gasteiger partial charge < -0.3 is 14.6 Å². The summed E-state index contributed by atoms with van der Waals surface area (Å²) in [5, 5.41) is 2.23. The van der Waals surface area contributed by atoms with E-state index in [4.69, 9.17) is 4.42 Å². The smallest absolute Gasteiger partial charge is 0.321 e. The first kappa shape index (κ1) is 15.6. The summed E-state index contributed by atoms with van der Waals surface area (Å²) < 4.78 is 29.5. The molecular formula is C16H18N2O4S. The molecule has 2 aromatic rings. The number of likely N-dealkylation sites (tertiary alicyclic amines) is 1. The molecule has 7 heteroatoms. The van der Waals surface area contributed by atoms with E-state index in [1.165, 1.54) is 11.2 Å². The van der Waals surface area contributed by atoms with Crippen molar-refractivity contribution in [1.29, 1.82) is 0 Å². The minimum atomic E-state index is -3.31. The lowest BCUT2D eigenvalue weighted by Crippen LogP contribution is -2.58. The van der Waals surface area contributed by atoms with Crippen molar-refractivity contribution in [3.8, 4) is 0 Å². The molecule has 1 fully saturated rings. The maximum absolute atomic E-state index is 12.2. The number of sulfone groups is 1. The lowest BCUT2D eigenvalue weighted by Gasteiger charge is -2.38. The second kappa shape index (κ2) is 6.08. The molecule has 0 spiro atoms. The van der Waals surface area contributed by atoms with Gasteiger partial charge >= 0.3 is 6.03 Å². The number of hydrogen-bond donors (Lipinski definition) is 1. The Labute approximate surface area is 135 Å². The number of nitrogens with one attached hydrogen (secondary N) is 1. The fourth-order valence-corrected chi connectivity index (χ4v) is 3.99. The van der Waals surface area contributed by atoms with Crippen LogP contribution in [0.3, 0.4) is 0 Å². The summed E-state index contributed by atoms with van der Waals surface area (Å²) in [6, 6.07) is 10.5. The van der Waals surface area contributed by atoms with Gasteiger partial charge in [0.1, 0.15) is 11.5 Å². The van der Waals surface area contributed by atoms with Gasteiger partial charge in [-0.2, -0.15) is 0 Å². The normalized spacial score (nSPS) is 15.3. The third kappa shape index (κ3) is 3.56. The summed E-state index contributed by atoms with van der Waals surface area (Å²) in [5.41, 5.74) is 1.80. The molecule has 0 bridgehead atoms. The Bertz CT molecular complexity index is 776. The van der Waals surface area contributed by atoms with E-state index in [0.29, 0.717) is 11.4 Å². The summed E-state index contributed by atoms with van der Waals surface area (Å²) in [7, 11) is -3.31. The van der Waals surface area contributed by atoms with Crippen LogP contribution in [-0.4, -0.2) is 37.7 Å². The van der Waals surface area contributed by atoms with E-state index in [0.717, 1.165) is 5.56 Å². The number of aryl methyl sites for hydroxylation is 1. The first-order valence-corrected chi connectivity index (χ1v) is 9.02. The molecule has 6 nitrogen and oxygen atoms in total. The number of amides is 2. The van der Waals surface area contributed by atoms with Gasteiger partial charge in [-0.05, 0) is 31.2 Å². The van der Waals surface area contributed by atoms with Crippen LogP contribution < -0.4 is 5.32 Å². The van der Waals surface area contributed by atoms with Crippen LogP contribution in [0.1, 0.15) is 11.3 Å². The molecule has 1 aromatic carbocycles. The summed E-state index contributed by atoms with van der Waals surface area (Å²) in [5.74, 6) is 0.297. The van der Waals surface area contributed by atoms with Crippen LogP contribution in [0.25, 0.3) is 0 Å². The Morgan fingerprint density at radius 2 is 1.96 bits per heavy atom. The number of nitrogens with zero attached hydrogens (tertiary/aromatic N) is 1. The Kier molecular flexibility index (Phi) is 4.12. The van der Waals surface area contributed by atoms with Crippen molar-refractivity contribution in [3.63, 3.8) is 0 Å². The molecule has 2 amide bonds. The molecule has 23 heavy (non-hydrogen) atoms. The summed E-state index contributed by atoms with van der Waals surface area (Å²) >= 11 is 0. The van der Waals surface area contributed by atoms with Crippen molar-refractivity contribution in [3.05, 3.63) is 54.0 Å². The number of furan rings is 1. The van der Waals surface area contributed by atoms with Crippen LogP contribution in [0, 0.1) is 6.92 Å². The number of anilines is 1. The molecule has 122 valence electrons. The number of carbonyl (C=O) groups excluding carboxylic acids is 1. The highest BCUT2D eigenvalue weighted by atomic mass is 32.2. The first-order chi connectivity index (χ1) is 10.9. The molecule has 3 rings (SSSR count). The SMILES string of the molecule is Cc1ccc(NC(=O)N2CC(S(=O)(=O)Cc3ccco3)C2)cc1. The Balaban J connectivity index is 1.53. The van der Waals surface area contributed by atoms with Crippen molar-refractivity contribution >= 4 is 21.6 Å². The van der Waals surface area contributed by atoms with E-state index in [-0.39, 0.29) is 24.9 Å². The van der Waals surface area contributed by atoms with Crippen molar-refractivity contribution in [1.82, 2.24) is 4.90 Å². The van der Waals surface area contributed by atoms with Crippen LogP contribution in [0.4, 0.5) is 10.5 Å². The van der Waals surface area contributed by atoms with Gasteiger partial charge in [0.2, 0.25) is 0 Å². The molecule has 1 saturated heterocycles. The molecule has 1 aliphatic heterocycles. The number of urea groups is 1. The topological polar surface area (TPSA) is 79.6 Å². The van der Waals surface area contributed by atoms with Crippen molar-refractivity contribution in [2.45, 2.75) is 17.9 Å². The molecule has 1 aromatic heterocycles. The van der Waals surface area contributed by atoms with Crippen LogP contribution >= 0.6 is 0 Å². The van der Waals surface area contributed by atoms with E-state index >= 15 is 0 Å². The average Bonchev–Trinajstić information content (AvgIpc) is 2.91. The van der Waals surface area contributed by atoms with E-state index in [2.05, 4.69) is 5.32 Å². The summed E-state index contributed by atoms with van der Waals surface area (Å²) in [6.07, 6.45) is 1.45. The van der Waals surface area contributed by atoms with E-state index in [1.54, 1.807) is 12.1 Å². The van der Waals surface area contributed by atoms with Gasteiger partial charge in [0, 0.05) is 18.8 Å². The van der Waals surface area contributed by atoms with Crippen molar-refractivity contribution < 1.29 is 17.6 Å². The van der Waals surface area contributed by atoms with Crippen LogP contribution in [0.15, 0.2) is 47.1 Å². The standard InChI is InChI=1S/C16H18N2O4S/c1-12-4-6-13(7-5-12)17-16(19)18-9-15(10-18)23(20,21)11-14-3-2-8-22-14/h2-8,15H,9-11H2,1H3,(H,17,19). The van der Waals surface area contributed by atoms with Crippen LogP contribution in [-0.2, 0) is 15.6 Å². The predicted octanol–water partition coefficient (Wildman–Crippen LogP) is 2.42. The minimum Gasteiger partial charge on any atom is -0.468 e. The number of hydrogen-bond acceptors (Lipinski definition) is 4. The lowest BCUT2D eigenvalue weighted by molar-refractivity contribution is 0.182. The maximum atomic E-state index is 12.2. The van der Waals surface area contributed by atoms with E-state index < -0.39 is 15.1 Å². The quantitative estimate of drug-likeness (QED) is 0.931. The zero-order valence-corrected chi connectivity index (χ0v) is 13.5. The first-order valence-electron chi connectivity index (χ1n) is 7.30. The Morgan fingerprint density at radius 1 is 1.26 bits per heavy atom. The second-order valence-corrected chi connectivity index (χ2v) is 7.99. The molecule has 0 atom stereocenters. The van der Waals surface area contributed by atoms with E-state index in [9.17, 15) is 13.2 Å². The molecule has 0 aliphatic carbocycles. The third-order valence-electron chi connectivity index (χ3n) is 3.87. The lowest BCUT2D eigenvalue weighted by atomic mass is 10.2. The highest BCUT2D eigenvalue weighted by Gasteiger charge is 2.40. The highest BCUT2D eigenvalue weighted by Crippen LogP contribution is 2.21. The Hall–Kier alpha value is -2.28. The highest BCUT2D eigenvalue weighted by molar-refractivity contribution is 7.91. The van der Waals surface area contributed by atoms with Crippen molar-refractivity contribution in [2.24, 2.45) is 0 Å². The molecule has 1 N–H and O–H groups in total. The third-order valence-corrected chi connectivity index (χ3v) is 5.87. The fourth-order valence-electron chi connectivity index (χ4n) is 2.38. The summed E-state index contributed by atoms with van der Waals surface area (Å²) in [6.45, 7) is 2.39. The number of carbonyl (C=O) groups is 1. The largest absolute Gasteiger partial charge is 0.468 e. The van der Waals surface area contributed by atoms with Crippen LogP contribution in [0.2, 0.25) is 0 Å². The molecule has 0 radical (unpaired) electrons. The zero-order valence-electron chi connectivity index (χ0n) is 12.7. The van der Waals surface area contributed by atoms with Gasteiger partial charge in [-0.25, -0.2) is 13.2 Å². The van der Waals surface area contributed by atoms with Crippen molar-refractivity contribution in [2.75, 3.05) is 18.4 Å². The van der Waals surface area contributed by atoms with Crippen LogP contribution in [0.5, 0.6) is 0 Å². The molecular weight excluding hydrogens is 316 g/mol. The minimum absolute atomic E-state index is 0.127. The van der Waals surface area contributed by atoms with E-state index in [1.807, 2.05) is 31.2 Å². The maximum Gasteiger partial charge on any atom is 0.321 e. The van der Waals surface area contributed by atoms with Gasteiger partial charge in [0.15, 0.2) is 9.84 Å². The molecule has 0 saturated carbocycles. The Morgan fingerprint density at radius 3 is 2.57 bits per heavy atom. The number of rotatable bonds is 4. The number of benzene rings is 1. The molecule has 0 unspecified atom stereocenters. The van der Waals surface area contributed by atoms with Gasteiger partial charge in [0.05, 0.1) is 11.5 Å².